The Bertz CT molecular complexity index is 574. The van der Waals surface area contributed by atoms with Crippen molar-refractivity contribution < 1.29 is 14.7 Å². The van der Waals surface area contributed by atoms with Gasteiger partial charge in [0.05, 0.1) is 0 Å². The minimum Gasteiger partial charge on any atom is -0.478 e. The number of carbonyl (C=O) groups is 2. The molecule has 3 nitrogen and oxygen atoms in total. The van der Waals surface area contributed by atoms with Crippen LogP contribution in [0.4, 0.5) is 0 Å². The van der Waals surface area contributed by atoms with Gasteiger partial charge in [-0.1, -0.05) is 41.0 Å². The van der Waals surface area contributed by atoms with Crippen LogP contribution < -0.4 is 0 Å². The third kappa shape index (κ3) is 14.4. The summed E-state index contributed by atoms with van der Waals surface area (Å²) in [4.78, 5) is 21.6. The smallest absolute Gasteiger partial charge is 0.330 e. The molecule has 0 aliphatic carbocycles. The molecule has 26 heavy (non-hydrogen) atoms. The summed E-state index contributed by atoms with van der Waals surface area (Å²) in [6.45, 7) is 9.69. The van der Waals surface area contributed by atoms with Crippen molar-refractivity contribution in [3.63, 3.8) is 0 Å². The first-order valence-electron chi connectivity index (χ1n) is 9.58. The Morgan fingerprint density at radius 2 is 0.962 bits per heavy atom. The van der Waals surface area contributed by atoms with E-state index in [9.17, 15) is 9.59 Å². The molecule has 0 saturated carbocycles. The van der Waals surface area contributed by atoms with Gasteiger partial charge in [-0.05, 0) is 79.6 Å². The topological polar surface area (TPSA) is 54.4 Å². The average Bonchev–Trinajstić information content (AvgIpc) is 2.54. The molecular weight excluding hydrogens is 324 g/mol. The minimum absolute atomic E-state index is 0.251. The van der Waals surface area contributed by atoms with Crippen molar-refractivity contribution in [3.8, 4) is 0 Å². The highest BCUT2D eigenvalue weighted by atomic mass is 16.4. The van der Waals surface area contributed by atoms with Crippen LogP contribution in [0, 0.1) is 0 Å². The Hall–Kier alpha value is -1.90. The van der Waals surface area contributed by atoms with E-state index >= 15 is 0 Å². The molecule has 0 spiro atoms. The van der Waals surface area contributed by atoms with Gasteiger partial charge in [0.25, 0.3) is 0 Å². The lowest BCUT2D eigenvalue weighted by atomic mass is 10.0. The lowest BCUT2D eigenvalue weighted by Gasteiger charge is -2.03. The fourth-order valence-electron chi connectivity index (χ4n) is 2.52. The number of Topliss-reactive ketones (excluding diaryl/α,β-unsaturated/α-hetero) is 1. The molecule has 0 amide bonds. The average molecular weight is 361 g/mol. The standard InChI is InChI=1S/C23H36O3/c1-18(11-7-13-20(3)15-9-17-22(5)24)10-6-12-19(2)14-8-16-21(4)23(25)26/h11-12,15-16H,6-10,13-14,17H2,1-5H3,(H,25,26). The van der Waals surface area contributed by atoms with E-state index < -0.39 is 5.97 Å². The number of aliphatic carboxylic acids is 1. The molecule has 146 valence electrons. The molecule has 0 unspecified atom stereocenters. The van der Waals surface area contributed by atoms with Crippen LogP contribution in [0.5, 0.6) is 0 Å². The molecule has 0 aromatic rings. The second-order valence-electron chi connectivity index (χ2n) is 7.20. The predicted octanol–water partition coefficient (Wildman–Crippen LogP) is 6.57. The summed E-state index contributed by atoms with van der Waals surface area (Å²) < 4.78 is 0. The van der Waals surface area contributed by atoms with Crippen molar-refractivity contribution in [2.24, 2.45) is 0 Å². The van der Waals surface area contributed by atoms with Crippen molar-refractivity contribution >= 4 is 11.8 Å². The first-order chi connectivity index (χ1) is 12.2. The monoisotopic (exact) mass is 360 g/mol. The Balaban J connectivity index is 4.07. The molecule has 0 saturated heterocycles. The molecule has 0 fully saturated rings. The number of ketones is 1. The molecule has 0 rings (SSSR count). The van der Waals surface area contributed by atoms with Crippen LogP contribution in [0.1, 0.15) is 86.0 Å². The summed E-state index contributed by atoms with van der Waals surface area (Å²) in [5.41, 5.74) is 4.50. The van der Waals surface area contributed by atoms with Gasteiger partial charge in [0, 0.05) is 12.0 Å². The molecule has 0 atom stereocenters. The number of allylic oxidation sites excluding steroid dienone is 7. The zero-order valence-electron chi connectivity index (χ0n) is 17.2. The maximum atomic E-state index is 10.9. The van der Waals surface area contributed by atoms with Crippen LogP contribution in [-0.2, 0) is 9.59 Å². The van der Waals surface area contributed by atoms with Gasteiger partial charge in [-0.2, -0.15) is 0 Å². The summed E-state index contributed by atoms with van der Waals surface area (Å²) in [5.74, 6) is -0.586. The third-order valence-corrected chi connectivity index (χ3v) is 4.38. The second-order valence-corrected chi connectivity index (χ2v) is 7.20. The predicted molar refractivity (Wildman–Crippen MR) is 110 cm³/mol. The van der Waals surface area contributed by atoms with Gasteiger partial charge in [0.1, 0.15) is 5.78 Å². The first-order valence-corrected chi connectivity index (χ1v) is 9.58. The van der Waals surface area contributed by atoms with E-state index in [0.717, 1.165) is 44.9 Å². The van der Waals surface area contributed by atoms with Crippen molar-refractivity contribution in [1.82, 2.24) is 0 Å². The highest BCUT2D eigenvalue weighted by Crippen LogP contribution is 2.14. The number of rotatable bonds is 13. The quantitative estimate of drug-likeness (QED) is 0.299. The van der Waals surface area contributed by atoms with Crippen LogP contribution >= 0.6 is 0 Å². The van der Waals surface area contributed by atoms with E-state index in [-0.39, 0.29) is 5.78 Å². The van der Waals surface area contributed by atoms with Crippen molar-refractivity contribution in [1.29, 1.82) is 0 Å². The number of hydrogen-bond donors (Lipinski definition) is 1. The lowest BCUT2D eigenvalue weighted by Crippen LogP contribution is -1.95. The maximum absolute atomic E-state index is 10.9. The molecular formula is C23H36O3. The fraction of sp³-hybridized carbons (Fsp3) is 0.565. The first kappa shape index (κ1) is 24.1. The van der Waals surface area contributed by atoms with Crippen LogP contribution in [0.25, 0.3) is 0 Å². The Labute approximate surface area is 159 Å². The van der Waals surface area contributed by atoms with Crippen LogP contribution in [0.2, 0.25) is 0 Å². The van der Waals surface area contributed by atoms with Gasteiger partial charge in [-0.25, -0.2) is 4.79 Å². The summed E-state index contributed by atoms with van der Waals surface area (Å²) in [5, 5.41) is 8.81. The van der Waals surface area contributed by atoms with Crippen LogP contribution in [0.3, 0.4) is 0 Å². The van der Waals surface area contributed by atoms with Gasteiger partial charge in [-0.3, -0.25) is 0 Å². The van der Waals surface area contributed by atoms with Crippen LogP contribution in [0.15, 0.2) is 46.6 Å². The largest absolute Gasteiger partial charge is 0.478 e. The number of hydrogen-bond acceptors (Lipinski definition) is 2. The summed E-state index contributed by atoms with van der Waals surface area (Å²) in [6, 6.07) is 0. The van der Waals surface area contributed by atoms with E-state index in [1.165, 1.54) is 16.7 Å². The molecule has 0 aliphatic heterocycles. The van der Waals surface area contributed by atoms with Crippen molar-refractivity contribution in [2.45, 2.75) is 86.0 Å². The normalized spacial score (nSPS) is 13.9. The second kappa shape index (κ2) is 14.3. The van der Waals surface area contributed by atoms with Gasteiger partial charge in [-0.15, -0.1) is 0 Å². The summed E-state index contributed by atoms with van der Waals surface area (Å²) in [6.07, 6.45) is 15.9. The van der Waals surface area contributed by atoms with E-state index in [1.54, 1.807) is 19.9 Å². The van der Waals surface area contributed by atoms with E-state index in [4.69, 9.17) is 5.11 Å². The molecule has 0 aromatic carbocycles. The van der Waals surface area contributed by atoms with Gasteiger partial charge >= 0.3 is 5.97 Å². The highest BCUT2D eigenvalue weighted by Gasteiger charge is 1.98. The van der Waals surface area contributed by atoms with E-state index in [0.29, 0.717) is 12.0 Å². The highest BCUT2D eigenvalue weighted by molar-refractivity contribution is 5.85. The zero-order chi connectivity index (χ0) is 19.9. The van der Waals surface area contributed by atoms with Gasteiger partial charge < -0.3 is 9.90 Å². The SMILES string of the molecule is CC(=O)CCC=C(C)CCC=C(C)CCC=C(C)CCC=C(C)C(=O)O. The summed E-state index contributed by atoms with van der Waals surface area (Å²) >= 11 is 0. The van der Waals surface area contributed by atoms with Gasteiger partial charge in [0.2, 0.25) is 0 Å². The molecule has 0 aliphatic rings. The van der Waals surface area contributed by atoms with E-state index in [1.807, 2.05) is 0 Å². The number of carboxylic acid groups (broad SMARTS) is 1. The Morgan fingerprint density at radius 3 is 1.31 bits per heavy atom. The molecule has 0 bridgehead atoms. The molecule has 3 heteroatoms. The van der Waals surface area contributed by atoms with Gasteiger partial charge in [0.15, 0.2) is 0 Å². The maximum Gasteiger partial charge on any atom is 0.330 e. The number of carboxylic acids is 1. The zero-order valence-corrected chi connectivity index (χ0v) is 17.2. The van der Waals surface area contributed by atoms with Crippen molar-refractivity contribution in [2.75, 3.05) is 0 Å². The molecule has 0 heterocycles. The third-order valence-electron chi connectivity index (χ3n) is 4.38. The van der Waals surface area contributed by atoms with E-state index in [2.05, 4.69) is 39.0 Å². The number of carbonyl (C=O) groups excluding carboxylic acids is 1. The molecule has 1 N–H and O–H groups in total. The Kier molecular flexibility index (Phi) is 13.2. The van der Waals surface area contributed by atoms with Crippen LogP contribution in [-0.4, -0.2) is 16.9 Å². The summed E-state index contributed by atoms with van der Waals surface area (Å²) in [7, 11) is 0. The minimum atomic E-state index is -0.837. The fourth-order valence-corrected chi connectivity index (χ4v) is 2.52. The Morgan fingerprint density at radius 1 is 0.615 bits per heavy atom. The molecule has 0 aromatic heterocycles. The lowest BCUT2D eigenvalue weighted by molar-refractivity contribution is -0.132. The molecule has 0 radical (unpaired) electrons. The van der Waals surface area contributed by atoms with Crippen molar-refractivity contribution in [3.05, 3.63) is 46.6 Å².